The third-order valence-corrected chi connectivity index (χ3v) is 5.47. The van der Waals surface area contributed by atoms with Gasteiger partial charge in [0.1, 0.15) is 5.75 Å². The van der Waals surface area contributed by atoms with Crippen molar-refractivity contribution in [2.45, 2.75) is 64.5 Å². The van der Waals surface area contributed by atoms with Crippen LogP contribution in [0.1, 0.15) is 50.4 Å². The number of carbonyl (C=O) groups excluding carboxylic acids is 2. The summed E-state index contributed by atoms with van der Waals surface area (Å²) < 4.78 is 6.36. The molecule has 0 unspecified atom stereocenters. The molecule has 1 aliphatic carbocycles. The minimum Gasteiger partial charge on any atom is -0.490 e. The average Bonchev–Trinajstić information content (AvgIpc) is 2.76. The maximum Gasteiger partial charge on any atom is 0.373 e. The predicted molar refractivity (Wildman–Crippen MR) is 122 cm³/mol. The van der Waals surface area contributed by atoms with E-state index in [2.05, 4.69) is 27.2 Å². The fourth-order valence-corrected chi connectivity index (χ4v) is 4.07. The van der Waals surface area contributed by atoms with E-state index in [1.54, 1.807) is 0 Å². The number of pyridine rings is 1. The Morgan fingerprint density at radius 3 is 2.62 bits per heavy atom. The lowest BCUT2D eigenvalue weighted by atomic mass is 9.93. The molecule has 0 aliphatic heterocycles. The van der Waals surface area contributed by atoms with Gasteiger partial charge in [-0.25, -0.2) is 9.97 Å². The van der Waals surface area contributed by atoms with Crippen molar-refractivity contribution in [2.75, 3.05) is 11.1 Å². The van der Waals surface area contributed by atoms with Crippen LogP contribution in [0.15, 0.2) is 36.5 Å². The van der Waals surface area contributed by atoms with Gasteiger partial charge >= 0.3 is 6.15 Å². The molecule has 0 atom stereocenters. The Hall–Kier alpha value is -3.51. The van der Waals surface area contributed by atoms with Crippen molar-refractivity contribution in [3.8, 4) is 5.75 Å². The van der Waals surface area contributed by atoms with Crippen molar-refractivity contribution < 1.29 is 14.3 Å². The highest BCUT2D eigenvalue weighted by atomic mass is 16.5. The summed E-state index contributed by atoms with van der Waals surface area (Å²) in [6.07, 6.45) is 8.39. The van der Waals surface area contributed by atoms with E-state index in [0.717, 1.165) is 78.2 Å². The van der Waals surface area contributed by atoms with Gasteiger partial charge in [0.25, 0.3) is 0 Å². The molecule has 0 spiro atoms. The van der Waals surface area contributed by atoms with Gasteiger partial charge in [0.2, 0.25) is 5.95 Å². The second-order valence-corrected chi connectivity index (χ2v) is 7.94. The SMILES string of the molecule is CCCc1ccnc(NC2CCC(Oc3cccc4nc(C)cc(N)c34)CC2)n1.O=C=O. The Bertz CT molecular complexity index is 1070. The van der Waals surface area contributed by atoms with Crippen LogP contribution in [0, 0.1) is 6.92 Å². The molecule has 32 heavy (non-hydrogen) atoms. The molecule has 0 saturated heterocycles. The molecule has 1 saturated carbocycles. The first-order valence-corrected chi connectivity index (χ1v) is 10.9. The molecule has 3 aromatic rings. The smallest absolute Gasteiger partial charge is 0.373 e. The molecule has 1 fully saturated rings. The first-order chi connectivity index (χ1) is 15.5. The molecule has 0 amide bonds. The molecule has 1 aromatic carbocycles. The van der Waals surface area contributed by atoms with E-state index in [0.29, 0.717) is 6.04 Å². The molecule has 0 bridgehead atoms. The van der Waals surface area contributed by atoms with Gasteiger partial charge < -0.3 is 15.8 Å². The summed E-state index contributed by atoms with van der Waals surface area (Å²) in [7, 11) is 0. The van der Waals surface area contributed by atoms with E-state index in [-0.39, 0.29) is 12.3 Å². The largest absolute Gasteiger partial charge is 0.490 e. The minimum absolute atomic E-state index is 0.187. The minimum atomic E-state index is 0.187. The number of rotatable bonds is 6. The summed E-state index contributed by atoms with van der Waals surface area (Å²) in [5, 5.41) is 4.42. The maximum atomic E-state index is 8.12. The number of nitrogens with zero attached hydrogens (tertiary/aromatic N) is 3. The van der Waals surface area contributed by atoms with Crippen LogP contribution in [0.5, 0.6) is 5.75 Å². The number of benzene rings is 1. The van der Waals surface area contributed by atoms with Crippen molar-refractivity contribution >= 4 is 28.7 Å². The summed E-state index contributed by atoms with van der Waals surface area (Å²) in [4.78, 5) is 29.8. The molecule has 2 aromatic heterocycles. The molecular weight excluding hydrogens is 406 g/mol. The normalized spacial score (nSPS) is 17.7. The molecule has 8 nitrogen and oxygen atoms in total. The highest BCUT2D eigenvalue weighted by Crippen LogP contribution is 2.33. The second kappa shape index (κ2) is 11.2. The molecular formula is C24H29N5O3. The molecule has 2 heterocycles. The summed E-state index contributed by atoms with van der Waals surface area (Å²) >= 11 is 0. The average molecular weight is 436 g/mol. The van der Waals surface area contributed by atoms with Crippen LogP contribution in [0.25, 0.3) is 10.9 Å². The van der Waals surface area contributed by atoms with Gasteiger partial charge in [-0.05, 0) is 63.3 Å². The van der Waals surface area contributed by atoms with Crippen molar-refractivity contribution in [1.29, 1.82) is 0 Å². The van der Waals surface area contributed by atoms with Gasteiger partial charge in [0, 0.05) is 29.3 Å². The highest BCUT2D eigenvalue weighted by Gasteiger charge is 2.24. The summed E-state index contributed by atoms with van der Waals surface area (Å²) in [6, 6.07) is 10.2. The first kappa shape index (κ1) is 23.2. The van der Waals surface area contributed by atoms with Crippen molar-refractivity contribution in [1.82, 2.24) is 15.0 Å². The van der Waals surface area contributed by atoms with Gasteiger partial charge in [-0.3, -0.25) is 4.98 Å². The number of fused-ring (bicyclic) bond motifs is 1. The monoisotopic (exact) mass is 435 g/mol. The van der Waals surface area contributed by atoms with Crippen LogP contribution in [0.2, 0.25) is 0 Å². The molecule has 1 aliphatic rings. The van der Waals surface area contributed by atoms with Crippen molar-refractivity contribution in [2.24, 2.45) is 0 Å². The summed E-state index contributed by atoms with van der Waals surface area (Å²) in [5.41, 5.74) is 9.89. The molecule has 3 N–H and O–H groups in total. The van der Waals surface area contributed by atoms with Gasteiger partial charge in [-0.2, -0.15) is 9.59 Å². The van der Waals surface area contributed by atoms with Gasteiger partial charge in [0.15, 0.2) is 0 Å². The van der Waals surface area contributed by atoms with Crippen molar-refractivity contribution in [3.05, 3.63) is 47.9 Å². The zero-order valence-electron chi connectivity index (χ0n) is 18.5. The van der Waals surface area contributed by atoms with E-state index < -0.39 is 0 Å². The Morgan fingerprint density at radius 2 is 1.91 bits per heavy atom. The third kappa shape index (κ3) is 6.02. The number of aryl methyl sites for hydroxylation is 2. The van der Waals surface area contributed by atoms with Crippen molar-refractivity contribution in [3.63, 3.8) is 0 Å². The van der Waals surface area contributed by atoms with E-state index in [1.165, 1.54) is 0 Å². The number of hydrogen-bond acceptors (Lipinski definition) is 8. The highest BCUT2D eigenvalue weighted by molar-refractivity contribution is 5.95. The van der Waals surface area contributed by atoms with E-state index >= 15 is 0 Å². The Balaban J connectivity index is 0.000000913. The fraction of sp³-hybridized carbons (Fsp3) is 0.417. The Morgan fingerprint density at radius 1 is 1.16 bits per heavy atom. The third-order valence-electron chi connectivity index (χ3n) is 5.47. The Kier molecular flexibility index (Phi) is 8.11. The quantitative estimate of drug-likeness (QED) is 0.594. The first-order valence-electron chi connectivity index (χ1n) is 10.9. The lowest BCUT2D eigenvalue weighted by molar-refractivity contribution is -0.191. The number of nitrogens with two attached hydrogens (primary N) is 1. The predicted octanol–water partition coefficient (Wildman–Crippen LogP) is 4.09. The number of aromatic nitrogens is 3. The molecule has 8 heteroatoms. The number of hydrogen-bond donors (Lipinski definition) is 2. The zero-order chi connectivity index (χ0) is 22.9. The fourth-order valence-electron chi connectivity index (χ4n) is 4.07. The zero-order valence-corrected chi connectivity index (χ0v) is 18.5. The number of anilines is 2. The number of nitrogen functional groups attached to an aromatic ring is 1. The second-order valence-electron chi connectivity index (χ2n) is 7.94. The number of ether oxygens (including phenoxy) is 1. The van der Waals surface area contributed by atoms with Gasteiger partial charge in [0.05, 0.1) is 17.0 Å². The van der Waals surface area contributed by atoms with Gasteiger partial charge in [-0.1, -0.05) is 19.4 Å². The molecule has 168 valence electrons. The lowest BCUT2D eigenvalue weighted by Crippen LogP contribution is -2.31. The van der Waals surface area contributed by atoms with Crippen LogP contribution in [0.4, 0.5) is 11.6 Å². The molecule has 4 rings (SSSR count). The van der Waals surface area contributed by atoms with E-state index in [1.807, 2.05) is 43.5 Å². The summed E-state index contributed by atoms with van der Waals surface area (Å²) in [6.45, 7) is 4.12. The standard InChI is InChI=1S/C23H29N5O.CO2/c1-3-5-16-12-13-25-23(27-16)28-17-8-10-18(11-9-17)29-21-7-4-6-20-22(21)19(24)14-15(2)26-20;2-1-3/h4,6-7,12-14,17-18H,3,5,8-11H2,1-2H3,(H2,24,26)(H,25,27,28);. The van der Waals surface area contributed by atoms with Crippen LogP contribution >= 0.6 is 0 Å². The van der Waals surface area contributed by atoms with E-state index in [4.69, 9.17) is 20.1 Å². The Labute approximate surface area is 187 Å². The molecule has 0 radical (unpaired) electrons. The van der Waals surface area contributed by atoms with E-state index in [9.17, 15) is 0 Å². The topological polar surface area (TPSA) is 120 Å². The van der Waals surface area contributed by atoms with Gasteiger partial charge in [-0.15, -0.1) is 0 Å². The lowest BCUT2D eigenvalue weighted by Gasteiger charge is -2.30. The van der Waals surface area contributed by atoms with Crippen LogP contribution in [0.3, 0.4) is 0 Å². The van der Waals surface area contributed by atoms with Crippen LogP contribution in [-0.4, -0.2) is 33.2 Å². The maximum absolute atomic E-state index is 8.12. The summed E-state index contributed by atoms with van der Waals surface area (Å²) in [5.74, 6) is 1.57. The van der Waals surface area contributed by atoms with Crippen LogP contribution < -0.4 is 15.8 Å². The number of nitrogens with one attached hydrogen (secondary N) is 1. The van der Waals surface area contributed by atoms with Crippen LogP contribution in [-0.2, 0) is 16.0 Å².